The fourth-order valence-corrected chi connectivity index (χ4v) is 3.90. The molecule has 0 fully saturated rings. The number of nitrogens with zero attached hydrogens (tertiary/aromatic N) is 3. The average molecular weight is 429 g/mol. The van der Waals surface area contributed by atoms with Gasteiger partial charge < -0.3 is 16.0 Å². The molecule has 0 aliphatic carbocycles. The van der Waals surface area contributed by atoms with Gasteiger partial charge in [-0.15, -0.1) is 4.91 Å². The normalized spacial score (nSPS) is 15.3. The van der Waals surface area contributed by atoms with Gasteiger partial charge in [0.15, 0.2) is 0 Å². The minimum absolute atomic E-state index is 0.439. The summed E-state index contributed by atoms with van der Waals surface area (Å²) < 4.78 is 0. The number of benzene rings is 2. The van der Waals surface area contributed by atoms with Gasteiger partial charge in [-0.3, -0.25) is 0 Å². The number of aryl methyl sites for hydroxylation is 2. The van der Waals surface area contributed by atoms with Crippen molar-refractivity contribution < 1.29 is 0 Å². The summed E-state index contributed by atoms with van der Waals surface area (Å²) in [6, 6.07) is 10.0. The number of anilines is 2. The summed E-state index contributed by atoms with van der Waals surface area (Å²) >= 11 is 0. The van der Waals surface area contributed by atoms with Gasteiger partial charge in [0.2, 0.25) is 0 Å². The van der Waals surface area contributed by atoms with Crippen molar-refractivity contribution >= 4 is 28.1 Å². The number of allylic oxidation sites excluding steroid dienone is 1. The molecule has 2 aromatic carbocycles. The van der Waals surface area contributed by atoms with Crippen LogP contribution in [0.25, 0.3) is 10.9 Å². The molecule has 2 heterocycles. The van der Waals surface area contributed by atoms with Gasteiger partial charge in [0.25, 0.3) is 0 Å². The molecule has 7 heteroatoms. The molecule has 2 bridgehead atoms. The topological polar surface area (TPSA) is 91.3 Å². The fraction of sp³-hybridized carbons (Fsp3) is 0.280. The molecule has 1 aliphatic heterocycles. The molecule has 0 unspecified atom stereocenters. The standard InChI is InChI=1S/C25H28N6O/c1-16-7-8-20-11-17(2)27-14-18(3)26-9-5-4-6-19-12-21-24(13-23(19)31-32)28-15-29-25(21)30-22(20)10-16/h7-8,10,12-13,15,26-27H,2-6,9,11,14H2,1H3,(H,28,29,30). The Bertz CT molecular complexity index is 1190. The molecule has 4 rings (SSSR count). The summed E-state index contributed by atoms with van der Waals surface area (Å²) in [5.41, 5.74) is 7.10. The highest BCUT2D eigenvalue weighted by molar-refractivity contribution is 5.93. The monoisotopic (exact) mass is 428 g/mol. The Balaban J connectivity index is 1.78. The van der Waals surface area contributed by atoms with Gasteiger partial charge in [0.05, 0.1) is 12.1 Å². The quantitative estimate of drug-likeness (QED) is 0.464. The minimum Gasteiger partial charge on any atom is -0.387 e. The van der Waals surface area contributed by atoms with E-state index in [9.17, 15) is 4.91 Å². The molecular formula is C25H28N6O. The summed E-state index contributed by atoms with van der Waals surface area (Å²) in [4.78, 5) is 20.4. The zero-order valence-electron chi connectivity index (χ0n) is 18.4. The lowest BCUT2D eigenvalue weighted by atomic mass is 10.0. The van der Waals surface area contributed by atoms with E-state index in [1.807, 2.05) is 6.07 Å². The number of aromatic nitrogens is 2. The van der Waals surface area contributed by atoms with E-state index in [4.69, 9.17) is 0 Å². The van der Waals surface area contributed by atoms with Crippen LogP contribution in [0.1, 0.15) is 29.5 Å². The molecule has 0 radical (unpaired) electrons. The first kappa shape index (κ1) is 21.5. The van der Waals surface area contributed by atoms with Crippen molar-refractivity contribution in [2.45, 2.75) is 32.6 Å². The summed E-state index contributed by atoms with van der Waals surface area (Å²) in [6.07, 6.45) is 4.81. The van der Waals surface area contributed by atoms with Crippen LogP contribution in [0, 0.1) is 11.8 Å². The van der Waals surface area contributed by atoms with Crippen molar-refractivity contribution in [3.63, 3.8) is 0 Å². The third-order valence-corrected chi connectivity index (χ3v) is 5.66. The van der Waals surface area contributed by atoms with Gasteiger partial charge in [0, 0.05) is 35.4 Å². The first-order valence-electron chi connectivity index (χ1n) is 10.8. The van der Waals surface area contributed by atoms with Crippen molar-refractivity contribution in [1.82, 2.24) is 20.6 Å². The third-order valence-electron chi connectivity index (χ3n) is 5.66. The number of fused-ring (bicyclic) bond motifs is 2. The Kier molecular flexibility index (Phi) is 6.44. The smallest absolute Gasteiger partial charge is 0.141 e. The number of nitrogens with one attached hydrogen (secondary N) is 3. The van der Waals surface area contributed by atoms with Crippen molar-refractivity contribution in [1.29, 1.82) is 0 Å². The van der Waals surface area contributed by atoms with Crippen molar-refractivity contribution in [2.75, 3.05) is 18.4 Å². The van der Waals surface area contributed by atoms with Gasteiger partial charge in [-0.25, -0.2) is 9.97 Å². The summed E-state index contributed by atoms with van der Waals surface area (Å²) in [7, 11) is 0. The molecule has 164 valence electrons. The molecule has 0 amide bonds. The predicted molar refractivity (Wildman–Crippen MR) is 130 cm³/mol. The highest BCUT2D eigenvalue weighted by atomic mass is 16.3. The second-order valence-corrected chi connectivity index (χ2v) is 8.22. The van der Waals surface area contributed by atoms with E-state index in [1.54, 1.807) is 6.07 Å². The van der Waals surface area contributed by atoms with E-state index in [2.05, 4.69) is 69.4 Å². The predicted octanol–water partition coefficient (Wildman–Crippen LogP) is 5.17. The van der Waals surface area contributed by atoms with Gasteiger partial charge >= 0.3 is 0 Å². The summed E-state index contributed by atoms with van der Waals surface area (Å²) in [6.45, 7) is 11.8. The van der Waals surface area contributed by atoms with Crippen molar-refractivity contribution in [3.05, 3.63) is 82.8 Å². The van der Waals surface area contributed by atoms with Crippen molar-refractivity contribution in [3.8, 4) is 0 Å². The highest BCUT2D eigenvalue weighted by Crippen LogP contribution is 2.32. The first-order valence-corrected chi connectivity index (χ1v) is 10.8. The number of rotatable bonds is 1. The van der Waals surface area contributed by atoms with Crippen LogP contribution in [0.15, 0.2) is 66.4 Å². The van der Waals surface area contributed by atoms with Gasteiger partial charge in [-0.05, 0) is 66.3 Å². The number of hydrogen-bond donors (Lipinski definition) is 3. The van der Waals surface area contributed by atoms with Crippen LogP contribution in [-0.4, -0.2) is 23.1 Å². The van der Waals surface area contributed by atoms with Crippen LogP contribution in [0.5, 0.6) is 0 Å². The lowest BCUT2D eigenvalue weighted by Gasteiger charge is -2.17. The second-order valence-electron chi connectivity index (χ2n) is 8.22. The Labute approximate surface area is 188 Å². The Morgan fingerprint density at radius 2 is 1.88 bits per heavy atom. The second kappa shape index (κ2) is 9.60. The van der Waals surface area contributed by atoms with Gasteiger partial charge in [0.1, 0.15) is 17.8 Å². The fourth-order valence-electron chi connectivity index (χ4n) is 3.90. The zero-order valence-corrected chi connectivity index (χ0v) is 18.4. The largest absolute Gasteiger partial charge is 0.387 e. The molecule has 32 heavy (non-hydrogen) atoms. The van der Waals surface area contributed by atoms with Gasteiger partial charge in [-0.1, -0.05) is 25.3 Å². The minimum atomic E-state index is 0.439. The van der Waals surface area contributed by atoms with E-state index in [1.165, 1.54) is 6.33 Å². The van der Waals surface area contributed by atoms with Crippen LogP contribution >= 0.6 is 0 Å². The Morgan fingerprint density at radius 3 is 2.72 bits per heavy atom. The Hall–Kier alpha value is -3.74. The van der Waals surface area contributed by atoms with E-state index in [0.717, 1.165) is 65.0 Å². The molecule has 0 saturated carbocycles. The summed E-state index contributed by atoms with van der Waals surface area (Å²) in [5, 5.41) is 14.3. The van der Waals surface area contributed by atoms with Crippen LogP contribution < -0.4 is 16.0 Å². The molecule has 0 saturated heterocycles. The number of hydrogen-bond acceptors (Lipinski definition) is 7. The van der Waals surface area contributed by atoms with Crippen LogP contribution in [-0.2, 0) is 12.8 Å². The van der Waals surface area contributed by atoms with Gasteiger partial charge in [-0.2, -0.15) is 0 Å². The van der Waals surface area contributed by atoms with E-state index >= 15 is 0 Å². The zero-order chi connectivity index (χ0) is 22.5. The maximum atomic E-state index is 11.5. The molecule has 1 aromatic heterocycles. The SMILES string of the molecule is C=C1CNC(=C)Cc2ccc(C)cc2Nc2ncnc3cc(N=O)c(cc23)CCCCN1. The maximum Gasteiger partial charge on any atom is 0.141 e. The molecule has 7 nitrogen and oxygen atoms in total. The molecule has 3 N–H and O–H groups in total. The molecule has 3 aromatic rings. The molecule has 0 spiro atoms. The Morgan fingerprint density at radius 1 is 1.00 bits per heavy atom. The molecule has 0 atom stereocenters. The first-order chi connectivity index (χ1) is 15.5. The van der Waals surface area contributed by atoms with E-state index in [-0.39, 0.29) is 0 Å². The molecule has 1 aliphatic rings. The lowest BCUT2D eigenvalue weighted by molar-refractivity contribution is 0.659. The summed E-state index contributed by atoms with van der Waals surface area (Å²) in [5.74, 6) is 0.707. The van der Waals surface area contributed by atoms with E-state index < -0.39 is 0 Å². The van der Waals surface area contributed by atoms with E-state index in [0.29, 0.717) is 30.0 Å². The van der Waals surface area contributed by atoms with Crippen LogP contribution in [0.3, 0.4) is 0 Å². The third kappa shape index (κ3) is 4.94. The van der Waals surface area contributed by atoms with Crippen molar-refractivity contribution in [2.24, 2.45) is 5.18 Å². The van der Waals surface area contributed by atoms with Crippen LogP contribution in [0.4, 0.5) is 17.2 Å². The lowest BCUT2D eigenvalue weighted by Crippen LogP contribution is -2.25. The number of nitroso groups, excluding NO2 is 1. The highest BCUT2D eigenvalue weighted by Gasteiger charge is 2.13. The molecular weight excluding hydrogens is 400 g/mol. The maximum absolute atomic E-state index is 11.5. The average Bonchev–Trinajstić information content (AvgIpc) is 2.78. The van der Waals surface area contributed by atoms with Crippen LogP contribution in [0.2, 0.25) is 0 Å².